The van der Waals surface area contributed by atoms with E-state index in [9.17, 15) is 9.59 Å². The second-order valence-electron chi connectivity index (χ2n) is 10.5. The molecule has 1 aliphatic carbocycles. The summed E-state index contributed by atoms with van der Waals surface area (Å²) in [6.45, 7) is 3.77. The summed E-state index contributed by atoms with van der Waals surface area (Å²) in [4.78, 5) is 23.7. The maximum atomic E-state index is 12.3. The summed E-state index contributed by atoms with van der Waals surface area (Å²) >= 11 is 0. The molecular formula is C32H41NO5. The molecule has 6 heteroatoms. The molecule has 204 valence electrons. The van der Waals surface area contributed by atoms with Crippen LogP contribution in [-0.2, 0) is 24.4 Å². The molecule has 1 N–H and O–H groups in total. The minimum Gasteiger partial charge on any atom is -0.469 e. The smallest absolute Gasteiger partial charge is 0.407 e. The Morgan fingerprint density at radius 2 is 1.82 bits per heavy atom. The third-order valence-corrected chi connectivity index (χ3v) is 8.13. The molecule has 2 bridgehead atoms. The lowest BCUT2D eigenvalue weighted by atomic mass is 9.69. The molecule has 38 heavy (non-hydrogen) atoms. The number of allylic oxidation sites excluding steroid dienone is 2. The predicted molar refractivity (Wildman–Crippen MR) is 149 cm³/mol. The topological polar surface area (TPSA) is 73.9 Å². The van der Waals surface area contributed by atoms with Crippen LogP contribution in [0.5, 0.6) is 0 Å². The molecular weight excluding hydrogens is 478 g/mol. The van der Waals surface area contributed by atoms with Crippen LogP contribution in [0.2, 0.25) is 0 Å². The Morgan fingerprint density at radius 1 is 1.05 bits per heavy atom. The number of methoxy groups -OCH3 is 1. The average molecular weight is 520 g/mol. The van der Waals surface area contributed by atoms with Crippen molar-refractivity contribution in [2.24, 2.45) is 11.8 Å². The summed E-state index contributed by atoms with van der Waals surface area (Å²) in [5.74, 6) is 0.259. The molecule has 1 amide bonds. The number of hydrogen-bond donors (Lipinski definition) is 1. The van der Waals surface area contributed by atoms with Crippen molar-refractivity contribution in [1.29, 1.82) is 0 Å². The van der Waals surface area contributed by atoms with Crippen LogP contribution in [0.15, 0.2) is 66.7 Å². The van der Waals surface area contributed by atoms with Crippen molar-refractivity contribution in [3.63, 3.8) is 0 Å². The van der Waals surface area contributed by atoms with Crippen molar-refractivity contribution >= 4 is 12.1 Å². The van der Waals surface area contributed by atoms with E-state index in [1.54, 1.807) is 0 Å². The summed E-state index contributed by atoms with van der Waals surface area (Å²) in [6, 6.07) is 19.3. The van der Waals surface area contributed by atoms with E-state index in [1.165, 1.54) is 23.8 Å². The number of rotatable bonds is 13. The molecule has 0 radical (unpaired) electrons. The summed E-state index contributed by atoms with van der Waals surface area (Å²) < 4.78 is 16.7. The first-order valence-corrected chi connectivity index (χ1v) is 14.0. The van der Waals surface area contributed by atoms with E-state index in [2.05, 4.69) is 72.9 Å². The molecule has 4 atom stereocenters. The lowest BCUT2D eigenvalue weighted by Crippen LogP contribution is -2.42. The van der Waals surface area contributed by atoms with Crippen molar-refractivity contribution in [2.75, 3.05) is 26.9 Å². The molecule has 1 saturated heterocycles. The predicted octanol–water partition coefficient (Wildman–Crippen LogP) is 6.44. The molecule has 1 saturated carbocycles. The van der Waals surface area contributed by atoms with Crippen LogP contribution in [0.3, 0.4) is 0 Å². The zero-order chi connectivity index (χ0) is 26.8. The van der Waals surface area contributed by atoms with Crippen molar-refractivity contribution in [1.82, 2.24) is 5.32 Å². The van der Waals surface area contributed by atoms with E-state index in [-0.39, 0.29) is 29.5 Å². The normalized spacial score (nSPS) is 24.0. The van der Waals surface area contributed by atoms with Gasteiger partial charge >= 0.3 is 12.1 Å². The van der Waals surface area contributed by atoms with E-state index in [0.717, 1.165) is 38.5 Å². The van der Waals surface area contributed by atoms with Gasteiger partial charge in [-0.05, 0) is 54.7 Å². The second kappa shape index (κ2) is 13.6. The first-order valence-electron chi connectivity index (χ1n) is 14.0. The number of benzene rings is 2. The zero-order valence-electron chi connectivity index (χ0n) is 22.7. The van der Waals surface area contributed by atoms with Crippen molar-refractivity contribution in [3.8, 4) is 11.1 Å². The average Bonchev–Trinajstić information content (AvgIpc) is 3.52. The highest BCUT2D eigenvalue weighted by atomic mass is 16.6. The first kappa shape index (κ1) is 27.9. The van der Waals surface area contributed by atoms with Crippen LogP contribution in [0.1, 0.15) is 57.4 Å². The Bertz CT molecular complexity index is 1070. The summed E-state index contributed by atoms with van der Waals surface area (Å²) in [5, 5.41) is 2.86. The van der Waals surface area contributed by atoms with Gasteiger partial charge in [0.15, 0.2) is 0 Å². The fourth-order valence-corrected chi connectivity index (χ4v) is 6.02. The lowest BCUT2D eigenvalue weighted by molar-refractivity contribution is -0.140. The van der Waals surface area contributed by atoms with Crippen LogP contribution in [0, 0.1) is 11.8 Å². The van der Waals surface area contributed by atoms with Gasteiger partial charge in [-0.2, -0.15) is 0 Å². The van der Waals surface area contributed by atoms with Gasteiger partial charge in [-0.3, -0.25) is 4.79 Å². The Kier molecular flexibility index (Phi) is 9.99. The third-order valence-electron chi connectivity index (χ3n) is 8.13. The Balaban J connectivity index is 1.48. The van der Waals surface area contributed by atoms with Crippen LogP contribution in [0.4, 0.5) is 4.79 Å². The summed E-state index contributed by atoms with van der Waals surface area (Å²) in [6.07, 6.45) is 9.94. The Labute approximate surface area is 226 Å². The van der Waals surface area contributed by atoms with Crippen LogP contribution < -0.4 is 5.32 Å². The highest BCUT2D eigenvalue weighted by molar-refractivity contribution is 5.69. The number of nitrogens with one attached hydrogen (secondary N) is 1. The van der Waals surface area contributed by atoms with E-state index < -0.39 is 0 Å². The van der Waals surface area contributed by atoms with E-state index in [1.807, 2.05) is 6.07 Å². The molecule has 1 heterocycles. The Morgan fingerprint density at radius 3 is 2.55 bits per heavy atom. The molecule has 4 rings (SSSR count). The largest absolute Gasteiger partial charge is 0.469 e. The van der Waals surface area contributed by atoms with Gasteiger partial charge in [0, 0.05) is 24.3 Å². The minimum absolute atomic E-state index is 0.0740. The SMILES string of the molecule is CCCCNC(=O)OC[C@@H]1[C@@H]2C[C@@](c3ccc(-c4ccccc4)cc3)(CO2)[C@H]1C/C=C\CCCC(=O)OC. The molecule has 2 aromatic carbocycles. The number of amides is 1. The number of ether oxygens (including phenoxy) is 3. The van der Waals surface area contributed by atoms with Gasteiger partial charge in [0.25, 0.3) is 0 Å². The van der Waals surface area contributed by atoms with Crippen LogP contribution in [-0.4, -0.2) is 45.0 Å². The molecule has 0 spiro atoms. The molecule has 6 nitrogen and oxygen atoms in total. The highest BCUT2D eigenvalue weighted by Gasteiger charge is 2.59. The van der Waals surface area contributed by atoms with Crippen molar-refractivity contribution < 1.29 is 23.8 Å². The molecule has 2 aliphatic rings. The Hall–Kier alpha value is -3.12. The summed E-state index contributed by atoms with van der Waals surface area (Å²) in [7, 11) is 1.42. The van der Waals surface area contributed by atoms with Gasteiger partial charge in [0.05, 0.1) is 26.4 Å². The van der Waals surface area contributed by atoms with Gasteiger partial charge in [-0.1, -0.05) is 80.1 Å². The standard InChI is InChI=1S/C32H41NO5/c1-3-4-20-33-31(35)37-22-27-28(14-10-5-6-11-15-30(34)36-2)32(21-29(27)38-23-32)26-18-16-25(17-19-26)24-12-8-7-9-13-24/h5,7-10,12-13,16-19,27-29H,3-4,6,11,14-15,20-23H2,1-2H3,(H,33,35)/b10-5-/t27-,28-,29-,32-/m0/s1. The number of fused-ring (bicyclic) bond motifs is 2. The quantitative estimate of drug-likeness (QED) is 0.187. The van der Waals surface area contributed by atoms with Crippen molar-refractivity contribution in [2.45, 2.75) is 63.4 Å². The molecule has 0 aromatic heterocycles. The number of carbonyl (C=O) groups excluding carboxylic acids is 2. The highest BCUT2D eigenvalue weighted by Crippen LogP contribution is 2.56. The van der Waals surface area contributed by atoms with Gasteiger partial charge in [-0.15, -0.1) is 0 Å². The minimum atomic E-state index is -0.348. The zero-order valence-corrected chi connectivity index (χ0v) is 22.7. The molecule has 1 aliphatic heterocycles. The first-order chi connectivity index (χ1) is 18.6. The molecule has 2 aromatic rings. The maximum Gasteiger partial charge on any atom is 0.407 e. The molecule has 2 fully saturated rings. The lowest BCUT2D eigenvalue weighted by Gasteiger charge is -2.39. The van der Waals surface area contributed by atoms with Gasteiger partial charge in [0.1, 0.15) is 0 Å². The van der Waals surface area contributed by atoms with Crippen LogP contribution >= 0.6 is 0 Å². The fourth-order valence-electron chi connectivity index (χ4n) is 6.02. The number of unbranched alkanes of at least 4 members (excludes halogenated alkanes) is 2. The van der Waals surface area contributed by atoms with Crippen LogP contribution in [0.25, 0.3) is 11.1 Å². The number of esters is 1. The number of alkyl carbamates (subject to hydrolysis) is 1. The fraction of sp³-hybridized carbons (Fsp3) is 0.500. The van der Waals surface area contributed by atoms with Gasteiger partial charge in [0.2, 0.25) is 0 Å². The third kappa shape index (κ3) is 6.65. The van der Waals surface area contributed by atoms with E-state index in [4.69, 9.17) is 14.2 Å². The number of carbonyl (C=O) groups is 2. The maximum absolute atomic E-state index is 12.3. The van der Waals surface area contributed by atoms with Gasteiger partial charge < -0.3 is 19.5 Å². The number of hydrogen-bond acceptors (Lipinski definition) is 5. The van der Waals surface area contributed by atoms with E-state index >= 15 is 0 Å². The second-order valence-corrected chi connectivity index (χ2v) is 10.5. The van der Waals surface area contributed by atoms with Gasteiger partial charge in [-0.25, -0.2) is 4.79 Å². The van der Waals surface area contributed by atoms with E-state index in [0.29, 0.717) is 32.1 Å². The molecule has 0 unspecified atom stereocenters. The monoisotopic (exact) mass is 519 g/mol. The van der Waals surface area contributed by atoms with Crippen molar-refractivity contribution in [3.05, 3.63) is 72.3 Å². The summed E-state index contributed by atoms with van der Waals surface area (Å²) in [5.41, 5.74) is 3.59.